The molecule has 0 aromatic rings. The van der Waals surface area contributed by atoms with Gasteiger partial charge in [-0.3, -0.25) is 0 Å². The molecule has 2 N–H and O–H groups in total. The van der Waals surface area contributed by atoms with Gasteiger partial charge >= 0.3 is 0 Å². The van der Waals surface area contributed by atoms with Crippen molar-refractivity contribution in [2.75, 3.05) is 0 Å². The molecule has 1 heteroatoms. The maximum absolute atomic E-state index is 7.12. The maximum Gasteiger partial charge on any atom is 0.0154 e. The summed E-state index contributed by atoms with van der Waals surface area (Å²) < 4.78 is 0. The van der Waals surface area contributed by atoms with Gasteiger partial charge in [0, 0.05) is 5.54 Å². The Morgan fingerprint density at radius 2 is 0.421 bits per heavy atom. The molecule has 0 bridgehead atoms. The molecule has 0 radical (unpaired) electrons. The molecule has 0 aromatic heterocycles. The van der Waals surface area contributed by atoms with Gasteiger partial charge in [0.2, 0.25) is 0 Å². The number of unbranched alkanes of at least 4 members (excludes halogenated alkanes) is 27. The third kappa shape index (κ3) is 29.0. The van der Waals surface area contributed by atoms with Gasteiger partial charge in [-0.25, -0.2) is 0 Å². The first-order valence-electron chi connectivity index (χ1n) is 18.5. The van der Waals surface area contributed by atoms with Crippen molar-refractivity contribution in [2.24, 2.45) is 5.73 Å². The van der Waals surface area contributed by atoms with Gasteiger partial charge in [0.1, 0.15) is 0 Å². The van der Waals surface area contributed by atoms with Crippen LogP contribution < -0.4 is 5.73 Å². The van der Waals surface area contributed by atoms with Gasteiger partial charge in [-0.05, 0) is 19.3 Å². The monoisotopic (exact) mass is 536 g/mol. The van der Waals surface area contributed by atoms with E-state index in [-0.39, 0.29) is 5.54 Å². The first-order chi connectivity index (χ1) is 18.7. The van der Waals surface area contributed by atoms with E-state index in [0.717, 1.165) is 0 Å². The van der Waals surface area contributed by atoms with Crippen LogP contribution in [-0.4, -0.2) is 5.54 Å². The quantitative estimate of drug-likeness (QED) is 0.0830. The molecular weight excluding hydrogens is 458 g/mol. The fourth-order valence-electron chi connectivity index (χ4n) is 6.27. The van der Waals surface area contributed by atoms with Gasteiger partial charge in [-0.2, -0.15) is 0 Å². The van der Waals surface area contributed by atoms with Crippen molar-refractivity contribution in [2.45, 2.75) is 238 Å². The van der Waals surface area contributed by atoms with E-state index < -0.39 is 0 Å². The van der Waals surface area contributed by atoms with Gasteiger partial charge in [0.05, 0.1) is 0 Å². The summed E-state index contributed by atoms with van der Waals surface area (Å²) in [5, 5.41) is 0. The molecular formula is C37H77N. The highest BCUT2D eigenvalue weighted by molar-refractivity contribution is 4.84. The topological polar surface area (TPSA) is 26.0 Å². The lowest BCUT2D eigenvalue weighted by Gasteiger charge is -2.30. The third-order valence-corrected chi connectivity index (χ3v) is 9.08. The average Bonchev–Trinajstić information content (AvgIpc) is 2.92. The lowest BCUT2D eigenvalue weighted by Crippen LogP contribution is -2.39. The van der Waals surface area contributed by atoms with Crippen LogP contribution in [0.15, 0.2) is 0 Å². The number of hydrogen-bond donors (Lipinski definition) is 1. The molecule has 0 atom stereocenters. The van der Waals surface area contributed by atoms with Crippen LogP contribution in [-0.2, 0) is 0 Å². The minimum absolute atomic E-state index is 0.125. The molecule has 0 amide bonds. The van der Waals surface area contributed by atoms with Gasteiger partial charge in [-0.1, -0.05) is 213 Å². The molecule has 0 heterocycles. The number of nitrogens with two attached hydrogens (primary N) is 1. The summed E-state index contributed by atoms with van der Waals surface area (Å²) in [5.41, 5.74) is 7.25. The van der Waals surface area contributed by atoms with Crippen LogP contribution in [0.3, 0.4) is 0 Å². The Hall–Kier alpha value is -0.0400. The Balaban J connectivity index is 4.06. The van der Waals surface area contributed by atoms with E-state index in [1.807, 2.05) is 0 Å². The second kappa shape index (κ2) is 31.5. The highest BCUT2D eigenvalue weighted by Crippen LogP contribution is 2.27. The Morgan fingerprint density at radius 3 is 0.605 bits per heavy atom. The van der Waals surface area contributed by atoms with Crippen molar-refractivity contribution in [3.05, 3.63) is 0 Å². The highest BCUT2D eigenvalue weighted by Gasteiger charge is 2.23. The van der Waals surface area contributed by atoms with Crippen molar-refractivity contribution >= 4 is 0 Å². The van der Waals surface area contributed by atoms with Gasteiger partial charge < -0.3 is 5.73 Å². The molecule has 230 valence electrons. The van der Waals surface area contributed by atoms with Crippen LogP contribution in [0, 0.1) is 0 Å². The summed E-state index contributed by atoms with van der Waals surface area (Å²) in [6, 6.07) is 0. The number of hydrogen-bond acceptors (Lipinski definition) is 1. The van der Waals surface area contributed by atoms with Gasteiger partial charge in [0.25, 0.3) is 0 Å². The lowest BCUT2D eigenvalue weighted by atomic mass is 9.82. The van der Waals surface area contributed by atoms with Crippen LogP contribution in [0.2, 0.25) is 0 Å². The van der Waals surface area contributed by atoms with Crippen molar-refractivity contribution in [3.63, 3.8) is 0 Å². The SMILES string of the molecule is CCCCCCCCCCCCC(N)(CCCCCCCCCCCC)CCCCCCCCCCCC. The maximum atomic E-state index is 7.12. The first kappa shape index (κ1) is 38.0. The second-order valence-electron chi connectivity index (χ2n) is 13.2. The third-order valence-electron chi connectivity index (χ3n) is 9.08. The molecule has 0 saturated heterocycles. The Bertz CT molecular complexity index is 357. The van der Waals surface area contributed by atoms with Crippen LogP contribution in [0.25, 0.3) is 0 Å². The Kier molecular flexibility index (Phi) is 31.5. The molecule has 0 aliphatic rings. The predicted molar refractivity (Wildman–Crippen MR) is 176 cm³/mol. The highest BCUT2D eigenvalue weighted by atomic mass is 14.7. The molecule has 0 rings (SSSR count). The predicted octanol–water partition coefficient (Wildman–Crippen LogP) is 13.6. The summed E-state index contributed by atoms with van der Waals surface area (Å²) in [5.74, 6) is 0. The zero-order valence-corrected chi connectivity index (χ0v) is 27.4. The Morgan fingerprint density at radius 1 is 0.263 bits per heavy atom. The van der Waals surface area contributed by atoms with Crippen LogP contribution in [0.1, 0.15) is 233 Å². The normalized spacial score (nSPS) is 12.0. The van der Waals surface area contributed by atoms with Crippen LogP contribution >= 0.6 is 0 Å². The fourth-order valence-corrected chi connectivity index (χ4v) is 6.27. The Labute approximate surface area is 243 Å². The van der Waals surface area contributed by atoms with E-state index in [0.29, 0.717) is 0 Å². The summed E-state index contributed by atoms with van der Waals surface area (Å²) in [6.45, 7) is 6.93. The largest absolute Gasteiger partial charge is 0.325 e. The minimum Gasteiger partial charge on any atom is -0.325 e. The molecule has 0 aromatic carbocycles. The lowest BCUT2D eigenvalue weighted by molar-refractivity contribution is 0.302. The second-order valence-corrected chi connectivity index (χ2v) is 13.2. The zero-order chi connectivity index (χ0) is 27.8. The molecule has 0 aliphatic carbocycles. The summed E-state index contributed by atoms with van der Waals surface area (Å²) in [4.78, 5) is 0. The molecule has 0 unspecified atom stereocenters. The summed E-state index contributed by atoms with van der Waals surface area (Å²) >= 11 is 0. The molecule has 0 spiro atoms. The van der Waals surface area contributed by atoms with Crippen molar-refractivity contribution in [1.82, 2.24) is 0 Å². The van der Waals surface area contributed by atoms with Crippen LogP contribution in [0.5, 0.6) is 0 Å². The van der Waals surface area contributed by atoms with E-state index in [1.54, 1.807) is 0 Å². The molecule has 0 fully saturated rings. The molecule has 1 nitrogen and oxygen atoms in total. The molecule has 0 aliphatic heterocycles. The van der Waals surface area contributed by atoms with Crippen molar-refractivity contribution in [3.8, 4) is 0 Å². The smallest absolute Gasteiger partial charge is 0.0154 e. The van der Waals surface area contributed by atoms with E-state index in [1.165, 1.54) is 212 Å². The summed E-state index contributed by atoms with van der Waals surface area (Å²) in [7, 11) is 0. The fraction of sp³-hybridized carbons (Fsp3) is 1.00. The standard InChI is InChI=1S/C37H77N/c1-4-7-10-13-16-19-22-25-28-31-34-37(38,35-32-29-26-23-20-17-14-11-8-5-2)36-33-30-27-24-21-18-15-12-9-6-3/h4-36,38H2,1-3H3. The van der Waals surface area contributed by atoms with E-state index in [2.05, 4.69) is 20.8 Å². The van der Waals surface area contributed by atoms with Gasteiger partial charge in [0.15, 0.2) is 0 Å². The van der Waals surface area contributed by atoms with E-state index >= 15 is 0 Å². The number of rotatable bonds is 33. The summed E-state index contributed by atoms with van der Waals surface area (Å²) in [6.07, 6.45) is 46.6. The van der Waals surface area contributed by atoms with E-state index in [4.69, 9.17) is 5.73 Å². The van der Waals surface area contributed by atoms with Crippen molar-refractivity contribution in [1.29, 1.82) is 0 Å². The van der Waals surface area contributed by atoms with Crippen LogP contribution in [0.4, 0.5) is 0 Å². The average molecular weight is 536 g/mol. The zero-order valence-electron chi connectivity index (χ0n) is 27.4. The van der Waals surface area contributed by atoms with E-state index in [9.17, 15) is 0 Å². The van der Waals surface area contributed by atoms with Gasteiger partial charge in [-0.15, -0.1) is 0 Å². The molecule has 38 heavy (non-hydrogen) atoms. The molecule has 0 saturated carbocycles. The van der Waals surface area contributed by atoms with Crippen molar-refractivity contribution < 1.29 is 0 Å². The first-order valence-corrected chi connectivity index (χ1v) is 18.5. The minimum atomic E-state index is 0.125.